The van der Waals surface area contributed by atoms with Crippen molar-refractivity contribution >= 4 is 29.3 Å². The maximum absolute atomic E-state index is 10.6. The maximum atomic E-state index is 10.6. The molecule has 0 aromatic heterocycles. The first kappa shape index (κ1) is 14.4. The van der Waals surface area contributed by atoms with Gasteiger partial charge in [-0.3, -0.25) is 4.90 Å². The first-order valence-corrected chi connectivity index (χ1v) is 7.71. The van der Waals surface area contributed by atoms with E-state index in [0.29, 0.717) is 11.1 Å². The molecule has 0 saturated carbocycles. The van der Waals surface area contributed by atoms with E-state index in [1.54, 1.807) is 0 Å². The van der Waals surface area contributed by atoms with Crippen LogP contribution in [0.3, 0.4) is 0 Å². The van der Waals surface area contributed by atoms with E-state index >= 15 is 0 Å². The Balaban J connectivity index is 1.74. The van der Waals surface area contributed by atoms with E-state index in [-0.39, 0.29) is 0 Å². The number of hydrogen-bond donors (Lipinski definition) is 1. The van der Waals surface area contributed by atoms with E-state index in [4.69, 9.17) is 16.7 Å². The number of piperazine rings is 1. The van der Waals surface area contributed by atoms with Gasteiger partial charge in [-0.05, 0) is 43.2 Å². The standard InChI is InChI=1S/C16H19ClN2O2/c17-15-10-13(5-3-12(15)4-6-16(20)21)19-9-8-18-7-1-2-14(18)11-19/h3-6,10,14H,1-2,7-9,11H2,(H,20,21)/b6-4+. The summed E-state index contributed by atoms with van der Waals surface area (Å²) in [6.45, 7) is 4.43. The van der Waals surface area contributed by atoms with Crippen LogP contribution in [-0.4, -0.2) is 48.2 Å². The molecular weight excluding hydrogens is 288 g/mol. The van der Waals surface area contributed by atoms with Gasteiger partial charge in [-0.25, -0.2) is 4.79 Å². The van der Waals surface area contributed by atoms with Crippen LogP contribution in [0.2, 0.25) is 5.02 Å². The van der Waals surface area contributed by atoms with E-state index in [1.165, 1.54) is 25.5 Å². The van der Waals surface area contributed by atoms with Crippen LogP contribution in [-0.2, 0) is 4.79 Å². The van der Waals surface area contributed by atoms with Gasteiger partial charge in [0.15, 0.2) is 0 Å². The lowest BCUT2D eigenvalue weighted by molar-refractivity contribution is -0.131. The highest BCUT2D eigenvalue weighted by atomic mass is 35.5. The normalized spacial score (nSPS) is 22.7. The molecule has 2 aliphatic heterocycles. The van der Waals surface area contributed by atoms with Gasteiger partial charge in [0.25, 0.3) is 0 Å². The van der Waals surface area contributed by atoms with Crippen LogP contribution >= 0.6 is 11.6 Å². The first-order chi connectivity index (χ1) is 10.1. The van der Waals surface area contributed by atoms with Crippen molar-refractivity contribution in [2.45, 2.75) is 18.9 Å². The van der Waals surface area contributed by atoms with Crippen LogP contribution in [0.1, 0.15) is 18.4 Å². The summed E-state index contributed by atoms with van der Waals surface area (Å²) in [7, 11) is 0. The Morgan fingerprint density at radius 1 is 1.33 bits per heavy atom. The van der Waals surface area contributed by atoms with E-state index < -0.39 is 5.97 Å². The minimum absolute atomic E-state index is 0.596. The molecular formula is C16H19ClN2O2. The van der Waals surface area contributed by atoms with Gasteiger partial charge >= 0.3 is 5.97 Å². The summed E-state index contributed by atoms with van der Waals surface area (Å²) >= 11 is 6.26. The third-order valence-corrected chi connectivity index (χ3v) is 4.67. The summed E-state index contributed by atoms with van der Waals surface area (Å²) in [6, 6.07) is 6.52. The second-order valence-electron chi connectivity index (χ2n) is 5.66. The average molecular weight is 307 g/mol. The van der Waals surface area contributed by atoms with Gasteiger partial charge in [-0.1, -0.05) is 17.7 Å². The molecule has 0 radical (unpaired) electrons. The molecule has 2 heterocycles. The molecule has 4 nitrogen and oxygen atoms in total. The Morgan fingerprint density at radius 2 is 2.19 bits per heavy atom. The van der Waals surface area contributed by atoms with Crippen molar-refractivity contribution in [1.29, 1.82) is 0 Å². The fourth-order valence-corrected chi connectivity index (χ4v) is 3.47. The average Bonchev–Trinajstić information content (AvgIpc) is 2.93. The van der Waals surface area contributed by atoms with Gasteiger partial charge in [0, 0.05) is 42.5 Å². The number of fused-ring (bicyclic) bond motifs is 1. The van der Waals surface area contributed by atoms with Gasteiger partial charge < -0.3 is 10.0 Å². The zero-order valence-electron chi connectivity index (χ0n) is 11.8. The number of carbonyl (C=O) groups is 1. The second-order valence-corrected chi connectivity index (χ2v) is 6.06. The van der Waals surface area contributed by atoms with Crippen molar-refractivity contribution < 1.29 is 9.90 Å². The van der Waals surface area contributed by atoms with Crippen molar-refractivity contribution in [3.63, 3.8) is 0 Å². The van der Waals surface area contributed by atoms with Crippen LogP contribution in [0.5, 0.6) is 0 Å². The third kappa shape index (κ3) is 3.22. The van der Waals surface area contributed by atoms with Crippen LogP contribution in [0.4, 0.5) is 5.69 Å². The lowest BCUT2D eigenvalue weighted by Gasteiger charge is -2.39. The number of aliphatic carboxylic acids is 1. The maximum Gasteiger partial charge on any atom is 0.328 e. The summed E-state index contributed by atoms with van der Waals surface area (Å²) in [5, 5.41) is 9.26. The lowest BCUT2D eigenvalue weighted by atomic mass is 10.1. The van der Waals surface area contributed by atoms with Crippen molar-refractivity contribution in [3.05, 3.63) is 34.9 Å². The lowest BCUT2D eigenvalue weighted by Crippen LogP contribution is -2.50. The van der Waals surface area contributed by atoms with Crippen LogP contribution in [0, 0.1) is 0 Å². The number of hydrogen-bond acceptors (Lipinski definition) is 3. The molecule has 1 aromatic carbocycles. The summed E-state index contributed by atoms with van der Waals surface area (Å²) < 4.78 is 0. The zero-order chi connectivity index (χ0) is 14.8. The fraction of sp³-hybridized carbons (Fsp3) is 0.438. The number of halogens is 1. The van der Waals surface area contributed by atoms with Crippen LogP contribution in [0.25, 0.3) is 6.08 Å². The van der Waals surface area contributed by atoms with E-state index in [1.807, 2.05) is 18.2 Å². The Kier molecular flexibility index (Phi) is 4.17. The molecule has 112 valence electrons. The molecule has 2 saturated heterocycles. The van der Waals surface area contributed by atoms with Gasteiger partial charge in [0.1, 0.15) is 0 Å². The van der Waals surface area contributed by atoms with E-state index in [9.17, 15) is 4.79 Å². The summed E-state index contributed by atoms with van der Waals surface area (Å²) in [5.74, 6) is -0.965. The van der Waals surface area contributed by atoms with Crippen molar-refractivity contribution in [2.24, 2.45) is 0 Å². The minimum Gasteiger partial charge on any atom is -0.478 e. The molecule has 2 aliphatic rings. The molecule has 1 N–H and O–H groups in total. The van der Waals surface area contributed by atoms with Crippen molar-refractivity contribution in [3.8, 4) is 0 Å². The molecule has 0 amide bonds. The molecule has 2 fully saturated rings. The van der Waals surface area contributed by atoms with Gasteiger partial charge in [0.05, 0.1) is 0 Å². The topological polar surface area (TPSA) is 43.8 Å². The number of benzene rings is 1. The Morgan fingerprint density at radius 3 is 2.95 bits per heavy atom. The predicted molar refractivity (Wildman–Crippen MR) is 84.9 cm³/mol. The quantitative estimate of drug-likeness (QED) is 0.872. The Labute approximate surface area is 129 Å². The van der Waals surface area contributed by atoms with Gasteiger partial charge in [-0.15, -0.1) is 0 Å². The van der Waals surface area contributed by atoms with E-state index in [0.717, 1.165) is 37.0 Å². The van der Waals surface area contributed by atoms with Gasteiger partial charge in [0.2, 0.25) is 0 Å². The van der Waals surface area contributed by atoms with Crippen LogP contribution in [0.15, 0.2) is 24.3 Å². The molecule has 1 unspecified atom stereocenters. The smallest absolute Gasteiger partial charge is 0.328 e. The third-order valence-electron chi connectivity index (χ3n) is 4.34. The number of nitrogens with zero attached hydrogens (tertiary/aromatic N) is 2. The Hall–Kier alpha value is -1.52. The zero-order valence-corrected chi connectivity index (χ0v) is 12.6. The highest BCUT2D eigenvalue weighted by molar-refractivity contribution is 6.32. The highest BCUT2D eigenvalue weighted by Crippen LogP contribution is 2.29. The highest BCUT2D eigenvalue weighted by Gasteiger charge is 2.30. The number of rotatable bonds is 3. The molecule has 0 aliphatic carbocycles. The first-order valence-electron chi connectivity index (χ1n) is 7.33. The number of carboxylic acids is 1. The van der Waals surface area contributed by atoms with Crippen molar-refractivity contribution in [2.75, 3.05) is 31.1 Å². The minimum atomic E-state index is -0.965. The monoisotopic (exact) mass is 306 g/mol. The van der Waals surface area contributed by atoms with Crippen molar-refractivity contribution in [1.82, 2.24) is 4.90 Å². The summed E-state index contributed by atoms with van der Waals surface area (Å²) in [4.78, 5) is 15.5. The van der Waals surface area contributed by atoms with E-state index in [2.05, 4.69) is 9.80 Å². The molecule has 21 heavy (non-hydrogen) atoms. The van der Waals surface area contributed by atoms with Gasteiger partial charge in [-0.2, -0.15) is 0 Å². The molecule has 1 aromatic rings. The molecule has 1 atom stereocenters. The van der Waals surface area contributed by atoms with Crippen LogP contribution < -0.4 is 4.90 Å². The second kappa shape index (κ2) is 6.08. The molecule has 3 rings (SSSR count). The summed E-state index contributed by atoms with van der Waals surface area (Å²) in [5.41, 5.74) is 1.86. The number of anilines is 1. The predicted octanol–water partition coefficient (Wildman–Crippen LogP) is 2.72. The molecule has 0 spiro atoms. The SMILES string of the molecule is O=C(O)/C=C/c1ccc(N2CCN3CCCC3C2)cc1Cl. The largest absolute Gasteiger partial charge is 0.478 e. The summed E-state index contributed by atoms with van der Waals surface area (Å²) in [6.07, 6.45) is 5.23. The molecule has 5 heteroatoms. The number of carboxylic acid groups (broad SMARTS) is 1. The Bertz CT molecular complexity index is 573. The molecule has 0 bridgehead atoms. The fourth-order valence-electron chi connectivity index (χ4n) is 3.23.